The number of fused-ring (bicyclic) bond motifs is 1. The molecule has 0 aliphatic carbocycles. The summed E-state index contributed by atoms with van der Waals surface area (Å²) in [6.07, 6.45) is 3.76. The predicted molar refractivity (Wildman–Crippen MR) is 99.9 cm³/mol. The molecule has 1 heterocycles. The standard InChI is InChI=1S/C20H25NO2S/c1-14-19-13-17(23-11-3-10-22)7-4-16(19)12-20(21-14)15-5-8-18(24-2)9-6-15/h4-9,13-14,20-22H,3,10-12H2,1-2H3. The van der Waals surface area contributed by atoms with Gasteiger partial charge < -0.3 is 15.2 Å². The van der Waals surface area contributed by atoms with Gasteiger partial charge in [-0.3, -0.25) is 0 Å². The third-order valence-electron chi connectivity index (χ3n) is 4.55. The molecule has 2 atom stereocenters. The molecular weight excluding hydrogens is 318 g/mol. The molecule has 0 fully saturated rings. The van der Waals surface area contributed by atoms with Crippen LogP contribution in [0.2, 0.25) is 0 Å². The van der Waals surface area contributed by atoms with E-state index in [0.717, 1.165) is 12.2 Å². The molecule has 0 bridgehead atoms. The van der Waals surface area contributed by atoms with Gasteiger partial charge in [-0.05, 0) is 60.6 Å². The molecule has 0 radical (unpaired) electrons. The lowest BCUT2D eigenvalue weighted by molar-refractivity contribution is 0.233. The van der Waals surface area contributed by atoms with Crippen molar-refractivity contribution in [2.75, 3.05) is 19.5 Å². The Morgan fingerprint density at radius 1 is 1.21 bits per heavy atom. The highest BCUT2D eigenvalue weighted by Gasteiger charge is 2.24. The summed E-state index contributed by atoms with van der Waals surface area (Å²) in [5.74, 6) is 0.888. The molecule has 3 rings (SSSR count). The quantitative estimate of drug-likeness (QED) is 0.612. The molecule has 3 nitrogen and oxygen atoms in total. The maximum atomic E-state index is 8.86. The van der Waals surface area contributed by atoms with E-state index in [0.29, 0.717) is 25.1 Å². The second kappa shape index (κ2) is 8.06. The normalized spacial score (nSPS) is 19.8. The van der Waals surface area contributed by atoms with Crippen molar-refractivity contribution in [3.05, 3.63) is 59.2 Å². The van der Waals surface area contributed by atoms with Crippen molar-refractivity contribution in [1.29, 1.82) is 0 Å². The molecule has 0 saturated heterocycles. The van der Waals surface area contributed by atoms with E-state index < -0.39 is 0 Å². The summed E-state index contributed by atoms with van der Waals surface area (Å²) in [5, 5.41) is 12.6. The van der Waals surface area contributed by atoms with Crippen molar-refractivity contribution in [1.82, 2.24) is 5.32 Å². The highest BCUT2D eigenvalue weighted by Crippen LogP contribution is 2.34. The van der Waals surface area contributed by atoms with Crippen LogP contribution >= 0.6 is 11.8 Å². The average Bonchev–Trinajstić information content (AvgIpc) is 2.62. The summed E-state index contributed by atoms with van der Waals surface area (Å²) in [5.41, 5.74) is 4.04. The number of benzene rings is 2. The topological polar surface area (TPSA) is 41.5 Å². The first-order valence-electron chi connectivity index (χ1n) is 8.47. The summed E-state index contributed by atoms with van der Waals surface area (Å²) < 4.78 is 5.71. The Hall–Kier alpha value is -1.49. The third-order valence-corrected chi connectivity index (χ3v) is 5.29. The minimum Gasteiger partial charge on any atom is -0.493 e. The fraction of sp³-hybridized carbons (Fsp3) is 0.400. The fourth-order valence-electron chi connectivity index (χ4n) is 3.23. The Labute approximate surface area is 148 Å². The van der Waals surface area contributed by atoms with Crippen LogP contribution in [-0.2, 0) is 6.42 Å². The zero-order valence-corrected chi connectivity index (χ0v) is 15.1. The maximum Gasteiger partial charge on any atom is 0.119 e. The highest BCUT2D eigenvalue weighted by atomic mass is 32.2. The number of aliphatic hydroxyl groups is 1. The van der Waals surface area contributed by atoms with Crippen LogP contribution in [-0.4, -0.2) is 24.6 Å². The van der Waals surface area contributed by atoms with Crippen molar-refractivity contribution < 1.29 is 9.84 Å². The largest absolute Gasteiger partial charge is 0.493 e. The van der Waals surface area contributed by atoms with E-state index in [-0.39, 0.29) is 6.61 Å². The van der Waals surface area contributed by atoms with Crippen LogP contribution in [0.3, 0.4) is 0 Å². The number of aliphatic hydroxyl groups excluding tert-OH is 1. The summed E-state index contributed by atoms with van der Waals surface area (Å²) in [6, 6.07) is 15.9. The molecule has 128 valence electrons. The first-order chi connectivity index (χ1) is 11.7. The van der Waals surface area contributed by atoms with Gasteiger partial charge in [0.25, 0.3) is 0 Å². The number of rotatable bonds is 6. The molecule has 2 aromatic carbocycles. The lowest BCUT2D eigenvalue weighted by Gasteiger charge is -2.32. The van der Waals surface area contributed by atoms with Crippen molar-refractivity contribution in [3.63, 3.8) is 0 Å². The first kappa shape index (κ1) is 17.3. The summed E-state index contributed by atoms with van der Waals surface area (Å²) in [7, 11) is 0. The van der Waals surface area contributed by atoms with Crippen LogP contribution < -0.4 is 10.1 Å². The van der Waals surface area contributed by atoms with E-state index >= 15 is 0 Å². The number of thioether (sulfide) groups is 1. The van der Waals surface area contributed by atoms with E-state index in [1.807, 2.05) is 6.07 Å². The molecule has 2 unspecified atom stereocenters. The lowest BCUT2D eigenvalue weighted by Crippen LogP contribution is -2.31. The molecule has 0 amide bonds. The van der Waals surface area contributed by atoms with Crippen LogP contribution in [0.4, 0.5) is 0 Å². The van der Waals surface area contributed by atoms with E-state index in [1.54, 1.807) is 11.8 Å². The van der Waals surface area contributed by atoms with Gasteiger partial charge in [0.1, 0.15) is 5.75 Å². The van der Waals surface area contributed by atoms with E-state index in [4.69, 9.17) is 9.84 Å². The number of hydrogen-bond acceptors (Lipinski definition) is 4. The van der Waals surface area contributed by atoms with Crippen molar-refractivity contribution >= 4 is 11.8 Å². The SMILES string of the molecule is CSc1ccc(C2Cc3ccc(OCCCO)cc3C(C)N2)cc1. The minimum atomic E-state index is 0.167. The average molecular weight is 343 g/mol. The zero-order valence-electron chi connectivity index (χ0n) is 14.3. The van der Waals surface area contributed by atoms with E-state index in [1.165, 1.54) is 21.6 Å². The molecule has 2 aromatic rings. The third kappa shape index (κ3) is 3.94. The molecule has 0 saturated carbocycles. The van der Waals surface area contributed by atoms with E-state index in [2.05, 4.69) is 54.9 Å². The van der Waals surface area contributed by atoms with Gasteiger partial charge in [-0.2, -0.15) is 0 Å². The van der Waals surface area contributed by atoms with Gasteiger partial charge in [0.15, 0.2) is 0 Å². The molecule has 24 heavy (non-hydrogen) atoms. The lowest BCUT2D eigenvalue weighted by atomic mass is 9.88. The fourth-order valence-corrected chi connectivity index (χ4v) is 3.64. The Morgan fingerprint density at radius 2 is 2.00 bits per heavy atom. The summed E-state index contributed by atoms with van der Waals surface area (Å²) >= 11 is 1.77. The molecule has 0 aromatic heterocycles. The Kier molecular flexibility index (Phi) is 5.82. The van der Waals surface area contributed by atoms with Gasteiger partial charge in [-0.15, -0.1) is 11.8 Å². The number of ether oxygens (including phenoxy) is 1. The Balaban J connectivity index is 1.75. The monoisotopic (exact) mass is 343 g/mol. The zero-order chi connectivity index (χ0) is 16.9. The van der Waals surface area contributed by atoms with Crippen molar-refractivity contribution in [2.45, 2.75) is 36.7 Å². The summed E-state index contributed by atoms with van der Waals surface area (Å²) in [4.78, 5) is 1.30. The van der Waals surface area contributed by atoms with Gasteiger partial charge in [-0.1, -0.05) is 18.2 Å². The van der Waals surface area contributed by atoms with Gasteiger partial charge in [0.05, 0.1) is 6.61 Å². The highest BCUT2D eigenvalue weighted by molar-refractivity contribution is 7.98. The number of nitrogens with one attached hydrogen (secondary N) is 1. The second-order valence-electron chi connectivity index (χ2n) is 6.20. The number of hydrogen-bond donors (Lipinski definition) is 2. The molecule has 0 spiro atoms. The smallest absolute Gasteiger partial charge is 0.119 e. The van der Waals surface area contributed by atoms with Gasteiger partial charge in [0, 0.05) is 30.0 Å². The minimum absolute atomic E-state index is 0.167. The van der Waals surface area contributed by atoms with E-state index in [9.17, 15) is 0 Å². The van der Waals surface area contributed by atoms with Gasteiger partial charge in [0.2, 0.25) is 0 Å². The maximum absolute atomic E-state index is 8.86. The van der Waals surface area contributed by atoms with Crippen molar-refractivity contribution in [2.24, 2.45) is 0 Å². The molecule has 1 aliphatic rings. The molecular formula is C20H25NO2S. The second-order valence-corrected chi connectivity index (χ2v) is 7.08. The summed E-state index contributed by atoms with van der Waals surface area (Å²) in [6.45, 7) is 2.93. The Morgan fingerprint density at radius 3 is 2.71 bits per heavy atom. The van der Waals surface area contributed by atoms with Crippen LogP contribution in [0.25, 0.3) is 0 Å². The van der Waals surface area contributed by atoms with Gasteiger partial charge >= 0.3 is 0 Å². The van der Waals surface area contributed by atoms with Crippen LogP contribution in [0.15, 0.2) is 47.4 Å². The molecule has 2 N–H and O–H groups in total. The predicted octanol–water partition coefficient (Wildman–Crippen LogP) is 4.12. The molecule has 1 aliphatic heterocycles. The van der Waals surface area contributed by atoms with Crippen molar-refractivity contribution in [3.8, 4) is 5.75 Å². The van der Waals surface area contributed by atoms with Crippen LogP contribution in [0, 0.1) is 0 Å². The first-order valence-corrected chi connectivity index (χ1v) is 9.70. The van der Waals surface area contributed by atoms with Crippen LogP contribution in [0.1, 0.15) is 42.1 Å². The molecule has 4 heteroatoms. The van der Waals surface area contributed by atoms with Gasteiger partial charge in [-0.25, -0.2) is 0 Å². The Bertz CT molecular complexity index is 672. The van der Waals surface area contributed by atoms with Crippen LogP contribution in [0.5, 0.6) is 5.75 Å².